The highest BCUT2D eigenvalue weighted by molar-refractivity contribution is 5.38. The van der Waals surface area contributed by atoms with Gasteiger partial charge in [0, 0.05) is 0 Å². The first-order valence-corrected chi connectivity index (χ1v) is 5.54. The van der Waals surface area contributed by atoms with Gasteiger partial charge in [-0.25, -0.2) is 0 Å². The summed E-state index contributed by atoms with van der Waals surface area (Å²) in [5.74, 6) is 4.21. The number of hydrogen-bond acceptors (Lipinski definition) is 0. The molecule has 0 spiro atoms. The Kier molecular flexibility index (Phi) is 1.00. The van der Waals surface area contributed by atoms with Crippen LogP contribution >= 0.6 is 0 Å². The quantitative estimate of drug-likeness (QED) is 0.587. The van der Waals surface area contributed by atoms with Crippen LogP contribution in [0.3, 0.4) is 0 Å². The maximum atomic E-state index is 2.54. The largest absolute Gasteiger partial charge is 0.0625 e. The van der Waals surface area contributed by atoms with Crippen LogP contribution in [0, 0.1) is 34.5 Å². The normalized spacial score (nSPS) is 61.8. The fraction of sp³-hybridized carbons (Fsp3) is 1.00. The average Bonchev–Trinajstić information content (AvgIpc) is 2.27. The molecule has 0 heterocycles. The van der Waals surface area contributed by atoms with Crippen LogP contribution in [-0.4, -0.2) is 0 Å². The van der Waals surface area contributed by atoms with Crippen molar-refractivity contribution in [3.8, 4) is 0 Å². The summed E-state index contributed by atoms with van der Waals surface area (Å²) >= 11 is 0. The number of rotatable bonds is 2. The van der Waals surface area contributed by atoms with E-state index in [1.165, 1.54) is 5.92 Å². The molecular formula is C12H20. The highest BCUT2D eigenvalue weighted by atomic mass is 14.9. The van der Waals surface area contributed by atoms with Gasteiger partial charge in [-0.15, -0.1) is 0 Å². The van der Waals surface area contributed by atoms with Gasteiger partial charge in [0.05, 0.1) is 0 Å². The van der Waals surface area contributed by atoms with Crippen LogP contribution in [0.4, 0.5) is 0 Å². The Bertz CT molecular complexity index is 242. The summed E-state index contributed by atoms with van der Waals surface area (Å²) in [6.45, 7) is 9.83. The van der Waals surface area contributed by atoms with Crippen molar-refractivity contribution in [2.45, 2.75) is 40.5 Å². The lowest BCUT2D eigenvalue weighted by Crippen LogP contribution is -2.31. The van der Waals surface area contributed by atoms with E-state index in [-0.39, 0.29) is 0 Å². The highest BCUT2D eigenvalue weighted by Gasteiger charge is 2.90. The molecule has 0 nitrogen and oxygen atoms in total. The molecule has 3 aliphatic rings. The topological polar surface area (TPSA) is 0 Å². The predicted molar refractivity (Wildman–Crippen MR) is 50.8 cm³/mol. The van der Waals surface area contributed by atoms with Crippen molar-refractivity contribution in [1.29, 1.82) is 0 Å². The van der Waals surface area contributed by atoms with Crippen molar-refractivity contribution in [3.63, 3.8) is 0 Å². The standard InChI is InChI=1S/C12H20/c1-7(2)8(3)12-6-9-5-11(12,4)10(9)12/h7-10H,5-6H2,1-4H3. The minimum atomic E-state index is 0.821. The molecule has 0 aromatic heterocycles. The Morgan fingerprint density at radius 1 is 1.17 bits per heavy atom. The zero-order valence-corrected chi connectivity index (χ0v) is 8.72. The molecular weight excluding hydrogens is 144 g/mol. The van der Waals surface area contributed by atoms with E-state index >= 15 is 0 Å². The monoisotopic (exact) mass is 164 g/mol. The predicted octanol–water partition coefficient (Wildman–Crippen LogP) is 3.32. The number of hydrogen-bond donors (Lipinski definition) is 0. The second-order valence-electron chi connectivity index (χ2n) is 6.14. The average molecular weight is 164 g/mol. The fourth-order valence-electron chi connectivity index (χ4n) is 5.00. The minimum absolute atomic E-state index is 0.821. The summed E-state index contributed by atoms with van der Waals surface area (Å²) in [4.78, 5) is 0. The summed E-state index contributed by atoms with van der Waals surface area (Å²) in [6, 6.07) is 0. The first kappa shape index (κ1) is 7.41. The molecule has 3 fully saturated rings. The summed E-state index contributed by atoms with van der Waals surface area (Å²) in [6.07, 6.45) is 3.14. The third-order valence-electron chi connectivity index (χ3n) is 5.79. The molecule has 5 unspecified atom stereocenters. The summed E-state index contributed by atoms with van der Waals surface area (Å²) < 4.78 is 0. The molecule has 0 aromatic rings. The van der Waals surface area contributed by atoms with Gasteiger partial charge in [0.15, 0.2) is 0 Å². The van der Waals surface area contributed by atoms with Gasteiger partial charge >= 0.3 is 0 Å². The highest BCUT2D eigenvalue weighted by Crippen LogP contribution is 2.96. The molecule has 3 aliphatic carbocycles. The Hall–Kier alpha value is 0. The van der Waals surface area contributed by atoms with Crippen LogP contribution in [0.1, 0.15) is 40.5 Å². The Labute approximate surface area is 75.7 Å². The van der Waals surface area contributed by atoms with E-state index in [0.717, 1.165) is 28.6 Å². The Morgan fingerprint density at radius 3 is 2.08 bits per heavy atom. The molecule has 5 atom stereocenters. The second kappa shape index (κ2) is 1.63. The van der Waals surface area contributed by atoms with Gasteiger partial charge in [-0.1, -0.05) is 27.7 Å². The van der Waals surface area contributed by atoms with E-state index in [2.05, 4.69) is 27.7 Å². The van der Waals surface area contributed by atoms with E-state index in [1.54, 1.807) is 12.8 Å². The van der Waals surface area contributed by atoms with Crippen LogP contribution < -0.4 is 0 Å². The molecule has 0 amide bonds. The van der Waals surface area contributed by atoms with Gasteiger partial charge < -0.3 is 0 Å². The molecule has 0 radical (unpaired) electrons. The zero-order chi connectivity index (χ0) is 8.72. The summed E-state index contributed by atoms with van der Waals surface area (Å²) in [7, 11) is 0. The van der Waals surface area contributed by atoms with Gasteiger partial charge in [-0.3, -0.25) is 0 Å². The summed E-state index contributed by atoms with van der Waals surface area (Å²) in [5.41, 5.74) is 1.66. The van der Waals surface area contributed by atoms with Crippen LogP contribution in [0.25, 0.3) is 0 Å². The fourth-order valence-corrected chi connectivity index (χ4v) is 5.00. The minimum Gasteiger partial charge on any atom is -0.0625 e. The van der Waals surface area contributed by atoms with Crippen molar-refractivity contribution in [1.82, 2.24) is 0 Å². The molecule has 0 saturated heterocycles. The summed E-state index contributed by atoms with van der Waals surface area (Å²) in [5, 5.41) is 0. The van der Waals surface area contributed by atoms with Gasteiger partial charge in [-0.05, 0) is 47.3 Å². The van der Waals surface area contributed by atoms with E-state index in [4.69, 9.17) is 0 Å². The molecule has 0 bridgehead atoms. The molecule has 0 heteroatoms. The van der Waals surface area contributed by atoms with Gasteiger partial charge in [0.25, 0.3) is 0 Å². The Balaban J connectivity index is 1.87. The maximum absolute atomic E-state index is 2.54. The number of fused-ring (bicyclic) bond motifs is 1. The van der Waals surface area contributed by atoms with E-state index < -0.39 is 0 Å². The van der Waals surface area contributed by atoms with E-state index in [9.17, 15) is 0 Å². The molecule has 0 N–H and O–H groups in total. The van der Waals surface area contributed by atoms with Crippen LogP contribution in [-0.2, 0) is 0 Å². The first-order chi connectivity index (χ1) is 5.54. The van der Waals surface area contributed by atoms with Crippen molar-refractivity contribution < 1.29 is 0 Å². The molecule has 3 saturated carbocycles. The van der Waals surface area contributed by atoms with Crippen molar-refractivity contribution in [2.24, 2.45) is 34.5 Å². The third kappa shape index (κ3) is 0.438. The van der Waals surface area contributed by atoms with Gasteiger partial charge in [0.2, 0.25) is 0 Å². The van der Waals surface area contributed by atoms with Crippen LogP contribution in [0.2, 0.25) is 0 Å². The van der Waals surface area contributed by atoms with E-state index in [1.807, 2.05) is 0 Å². The lowest BCUT2D eigenvalue weighted by Gasteiger charge is -2.38. The van der Waals surface area contributed by atoms with Gasteiger partial charge in [-0.2, -0.15) is 0 Å². The smallest absolute Gasteiger partial charge is 0.0173 e. The van der Waals surface area contributed by atoms with Crippen molar-refractivity contribution in [2.75, 3.05) is 0 Å². The molecule has 3 rings (SSSR count). The van der Waals surface area contributed by atoms with Crippen molar-refractivity contribution >= 4 is 0 Å². The molecule has 68 valence electrons. The first-order valence-electron chi connectivity index (χ1n) is 5.54. The zero-order valence-electron chi connectivity index (χ0n) is 8.72. The molecule has 0 aliphatic heterocycles. The van der Waals surface area contributed by atoms with E-state index in [0.29, 0.717) is 0 Å². The molecule has 12 heavy (non-hydrogen) atoms. The van der Waals surface area contributed by atoms with Crippen LogP contribution in [0.15, 0.2) is 0 Å². The Morgan fingerprint density at radius 2 is 1.83 bits per heavy atom. The second-order valence-corrected chi connectivity index (χ2v) is 6.14. The SMILES string of the molecule is CC(C)C(C)C12CC3CC1(C)C32. The maximum Gasteiger partial charge on any atom is -0.0173 e. The molecule has 0 aromatic carbocycles. The van der Waals surface area contributed by atoms with Crippen LogP contribution in [0.5, 0.6) is 0 Å². The van der Waals surface area contributed by atoms with Gasteiger partial charge in [0.1, 0.15) is 0 Å². The third-order valence-corrected chi connectivity index (χ3v) is 5.79. The lowest BCUT2D eigenvalue weighted by atomic mass is 9.66. The lowest BCUT2D eigenvalue weighted by molar-refractivity contribution is 0.102. The van der Waals surface area contributed by atoms with Crippen molar-refractivity contribution in [3.05, 3.63) is 0 Å².